The number of hydrazine groups is 1. The summed E-state index contributed by atoms with van der Waals surface area (Å²) < 4.78 is 5.59. The Morgan fingerprint density at radius 1 is 1.11 bits per heavy atom. The third-order valence-corrected chi connectivity index (χ3v) is 3.51. The standard InChI is InChI=1S/C15H20N2O/c1-9-6-5-7-13(11(9)3)15(17-16)14-8-10(2)18-12(14)4/h5-8,15,17H,16H2,1-4H3. The topological polar surface area (TPSA) is 51.2 Å². The first kappa shape index (κ1) is 12.9. The summed E-state index contributed by atoms with van der Waals surface area (Å²) in [6.07, 6.45) is 0. The van der Waals surface area contributed by atoms with Gasteiger partial charge in [0.05, 0.1) is 6.04 Å². The molecular weight excluding hydrogens is 224 g/mol. The Morgan fingerprint density at radius 3 is 2.39 bits per heavy atom. The molecular formula is C15H20N2O. The van der Waals surface area contributed by atoms with Crippen molar-refractivity contribution in [3.63, 3.8) is 0 Å². The van der Waals surface area contributed by atoms with Crippen LogP contribution in [0.1, 0.15) is 39.8 Å². The largest absolute Gasteiger partial charge is 0.466 e. The molecule has 96 valence electrons. The van der Waals surface area contributed by atoms with Crippen LogP contribution < -0.4 is 11.3 Å². The predicted octanol–water partition coefficient (Wildman–Crippen LogP) is 3.07. The third-order valence-electron chi connectivity index (χ3n) is 3.51. The van der Waals surface area contributed by atoms with Crippen LogP contribution in [0.25, 0.3) is 0 Å². The van der Waals surface area contributed by atoms with E-state index in [9.17, 15) is 0 Å². The van der Waals surface area contributed by atoms with E-state index in [0.29, 0.717) is 0 Å². The Morgan fingerprint density at radius 2 is 1.83 bits per heavy atom. The lowest BCUT2D eigenvalue weighted by atomic mass is 9.93. The summed E-state index contributed by atoms with van der Waals surface area (Å²) in [7, 11) is 0. The number of aryl methyl sites for hydroxylation is 3. The molecule has 3 heteroatoms. The average Bonchev–Trinajstić information content (AvgIpc) is 2.65. The van der Waals surface area contributed by atoms with E-state index in [4.69, 9.17) is 10.3 Å². The fourth-order valence-electron chi connectivity index (χ4n) is 2.37. The van der Waals surface area contributed by atoms with Crippen molar-refractivity contribution < 1.29 is 4.42 Å². The van der Waals surface area contributed by atoms with Crippen LogP contribution in [0, 0.1) is 27.7 Å². The van der Waals surface area contributed by atoms with E-state index in [1.807, 2.05) is 19.9 Å². The molecule has 0 aliphatic rings. The van der Waals surface area contributed by atoms with Gasteiger partial charge in [0.2, 0.25) is 0 Å². The lowest BCUT2D eigenvalue weighted by molar-refractivity contribution is 0.495. The molecule has 1 aromatic carbocycles. The van der Waals surface area contributed by atoms with Crippen molar-refractivity contribution >= 4 is 0 Å². The van der Waals surface area contributed by atoms with Crippen molar-refractivity contribution in [1.29, 1.82) is 0 Å². The Hall–Kier alpha value is -1.58. The Kier molecular flexibility index (Phi) is 3.55. The molecule has 0 bridgehead atoms. The van der Waals surface area contributed by atoms with Crippen LogP contribution in [-0.4, -0.2) is 0 Å². The van der Waals surface area contributed by atoms with Gasteiger partial charge in [-0.1, -0.05) is 18.2 Å². The van der Waals surface area contributed by atoms with E-state index in [-0.39, 0.29) is 6.04 Å². The summed E-state index contributed by atoms with van der Waals surface area (Å²) in [5.41, 5.74) is 7.73. The van der Waals surface area contributed by atoms with E-state index in [0.717, 1.165) is 17.1 Å². The van der Waals surface area contributed by atoms with Crippen molar-refractivity contribution in [1.82, 2.24) is 5.43 Å². The molecule has 0 radical (unpaired) electrons. The minimum Gasteiger partial charge on any atom is -0.466 e. The molecule has 1 unspecified atom stereocenters. The van der Waals surface area contributed by atoms with Crippen molar-refractivity contribution in [3.05, 3.63) is 58.0 Å². The molecule has 0 saturated heterocycles. The second-order valence-electron chi connectivity index (χ2n) is 4.76. The Balaban J connectivity index is 2.52. The molecule has 2 aromatic rings. The molecule has 1 atom stereocenters. The van der Waals surface area contributed by atoms with Crippen LogP contribution in [0.4, 0.5) is 0 Å². The van der Waals surface area contributed by atoms with E-state index >= 15 is 0 Å². The molecule has 0 aliphatic heterocycles. The first-order valence-corrected chi connectivity index (χ1v) is 6.13. The van der Waals surface area contributed by atoms with Crippen LogP contribution in [0.5, 0.6) is 0 Å². The number of hydrogen-bond donors (Lipinski definition) is 2. The third kappa shape index (κ3) is 2.19. The molecule has 1 heterocycles. The molecule has 18 heavy (non-hydrogen) atoms. The highest BCUT2D eigenvalue weighted by Crippen LogP contribution is 2.29. The summed E-state index contributed by atoms with van der Waals surface area (Å²) in [4.78, 5) is 0. The summed E-state index contributed by atoms with van der Waals surface area (Å²) in [6, 6.07) is 8.29. The molecule has 0 saturated carbocycles. The fraction of sp³-hybridized carbons (Fsp3) is 0.333. The highest BCUT2D eigenvalue weighted by Gasteiger charge is 2.19. The molecule has 0 amide bonds. The predicted molar refractivity (Wildman–Crippen MR) is 73.3 cm³/mol. The van der Waals surface area contributed by atoms with E-state index in [2.05, 4.69) is 37.5 Å². The summed E-state index contributed by atoms with van der Waals surface area (Å²) >= 11 is 0. The van der Waals surface area contributed by atoms with Crippen LogP contribution in [0.2, 0.25) is 0 Å². The second kappa shape index (κ2) is 4.96. The molecule has 0 aliphatic carbocycles. The lowest BCUT2D eigenvalue weighted by Gasteiger charge is -2.19. The number of hydrogen-bond acceptors (Lipinski definition) is 3. The summed E-state index contributed by atoms with van der Waals surface area (Å²) in [5.74, 6) is 7.57. The lowest BCUT2D eigenvalue weighted by Crippen LogP contribution is -2.29. The number of rotatable bonds is 3. The Bertz CT molecular complexity index is 558. The normalized spacial score (nSPS) is 12.7. The molecule has 2 rings (SSSR count). The molecule has 1 aromatic heterocycles. The average molecular weight is 244 g/mol. The van der Waals surface area contributed by atoms with Crippen LogP contribution in [0.3, 0.4) is 0 Å². The Labute approximate surface area is 108 Å². The van der Waals surface area contributed by atoms with Crippen LogP contribution >= 0.6 is 0 Å². The maximum Gasteiger partial charge on any atom is 0.106 e. The van der Waals surface area contributed by atoms with Gasteiger partial charge in [-0.3, -0.25) is 5.84 Å². The zero-order valence-electron chi connectivity index (χ0n) is 11.4. The van der Waals surface area contributed by atoms with Crippen LogP contribution in [0.15, 0.2) is 28.7 Å². The van der Waals surface area contributed by atoms with Gasteiger partial charge < -0.3 is 4.42 Å². The minimum atomic E-state index is -0.0256. The van der Waals surface area contributed by atoms with Gasteiger partial charge in [-0.15, -0.1) is 0 Å². The van der Waals surface area contributed by atoms with E-state index in [1.54, 1.807) is 0 Å². The second-order valence-corrected chi connectivity index (χ2v) is 4.76. The van der Waals surface area contributed by atoms with Gasteiger partial charge >= 0.3 is 0 Å². The van der Waals surface area contributed by atoms with Gasteiger partial charge in [0.25, 0.3) is 0 Å². The molecule has 3 nitrogen and oxygen atoms in total. The van der Waals surface area contributed by atoms with Gasteiger partial charge in [0.15, 0.2) is 0 Å². The smallest absolute Gasteiger partial charge is 0.106 e. The van der Waals surface area contributed by atoms with Crippen molar-refractivity contribution in [2.24, 2.45) is 5.84 Å². The zero-order chi connectivity index (χ0) is 13.3. The van der Waals surface area contributed by atoms with Gasteiger partial charge in [-0.25, -0.2) is 5.43 Å². The zero-order valence-corrected chi connectivity index (χ0v) is 11.4. The molecule has 0 fully saturated rings. The first-order valence-electron chi connectivity index (χ1n) is 6.13. The number of benzene rings is 1. The molecule has 3 N–H and O–H groups in total. The summed E-state index contributed by atoms with van der Waals surface area (Å²) in [5, 5.41) is 0. The fourth-order valence-corrected chi connectivity index (χ4v) is 2.37. The van der Waals surface area contributed by atoms with Crippen molar-refractivity contribution in [2.45, 2.75) is 33.7 Å². The van der Waals surface area contributed by atoms with E-state index in [1.165, 1.54) is 16.7 Å². The minimum absolute atomic E-state index is 0.0256. The highest BCUT2D eigenvalue weighted by molar-refractivity contribution is 5.41. The maximum atomic E-state index is 5.74. The molecule has 0 spiro atoms. The van der Waals surface area contributed by atoms with E-state index < -0.39 is 0 Å². The SMILES string of the molecule is Cc1cc(C(NN)c2cccc(C)c2C)c(C)o1. The highest BCUT2D eigenvalue weighted by atomic mass is 16.3. The quantitative estimate of drug-likeness (QED) is 0.644. The summed E-state index contributed by atoms with van der Waals surface area (Å²) in [6.45, 7) is 8.15. The maximum absolute atomic E-state index is 5.74. The van der Waals surface area contributed by atoms with Crippen LogP contribution in [-0.2, 0) is 0 Å². The van der Waals surface area contributed by atoms with Gasteiger partial charge in [0.1, 0.15) is 11.5 Å². The number of nitrogens with one attached hydrogen (secondary N) is 1. The van der Waals surface area contributed by atoms with Crippen molar-refractivity contribution in [2.75, 3.05) is 0 Å². The van der Waals surface area contributed by atoms with Gasteiger partial charge in [-0.2, -0.15) is 0 Å². The number of furan rings is 1. The van der Waals surface area contributed by atoms with Crippen molar-refractivity contribution in [3.8, 4) is 0 Å². The first-order chi connectivity index (χ1) is 8.54. The van der Waals surface area contributed by atoms with Gasteiger partial charge in [0, 0.05) is 5.56 Å². The number of nitrogens with two attached hydrogens (primary N) is 1. The monoisotopic (exact) mass is 244 g/mol. The van der Waals surface area contributed by atoms with Gasteiger partial charge in [-0.05, 0) is 50.5 Å².